The Morgan fingerprint density at radius 2 is 1.68 bits per heavy atom. The highest BCUT2D eigenvalue weighted by Gasteiger charge is 2.29. The molecule has 34 heavy (non-hydrogen) atoms. The number of amides is 2. The number of hydrogen-bond donors (Lipinski definition) is 2. The highest BCUT2D eigenvalue weighted by molar-refractivity contribution is 5.99. The SMILES string of the molecule is O=C(CC1Oc2ccccc2NC1=O)NCc1cn(Cc2ccccc2)nc1-c1ccccc1. The molecule has 1 aliphatic rings. The first-order valence-electron chi connectivity index (χ1n) is 11.1. The van der Waals surface area contributed by atoms with E-state index in [0.29, 0.717) is 24.5 Å². The van der Waals surface area contributed by atoms with E-state index < -0.39 is 6.10 Å². The number of ether oxygens (including phenoxy) is 1. The van der Waals surface area contributed by atoms with Gasteiger partial charge in [-0.3, -0.25) is 14.3 Å². The smallest absolute Gasteiger partial charge is 0.266 e. The Bertz CT molecular complexity index is 1300. The van der Waals surface area contributed by atoms with E-state index >= 15 is 0 Å². The highest BCUT2D eigenvalue weighted by Crippen LogP contribution is 2.29. The average Bonchev–Trinajstić information content (AvgIpc) is 3.27. The molecule has 2 amide bonds. The lowest BCUT2D eigenvalue weighted by Crippen LogP contribution is -2.40. The predicted octanol–water partition coefficient (Wildman–Crippen LogP) is 4.00. The van der Waals surface area contributed by atoms with Gasteiger partial charge < -0.3 is 15.4 Å². The molecule has 0 saturated carbocycles. The van der Waals surface area contributed by atoms with Crippen LogP contribution in [-0.2, 0) is 22.7 Å². The van der Waals surface area contributed by atoms with Crippen molar-refractivity contribution in [2.24, 2.45) is 0 Å². The number of carbonyl (C=O) groups is 2. The molecule has 0 radical (unpaired) electrons. The number of hydrogen-bond acceptors (Lipinski definition) is 4. The monoisotopic (exact) mass is 452 g/mol. The van der Waals surface area contributed by atoms with E-state index in [1.165, 1.54) is 0 Å². The normalized spacial score (nSPS) is 14.6. The van der Waals surface area contributed by atoms with Gasteiger partial charge in [-0.2, -0.15) is 5.10 Å². The van der Waals surface area contributed by atoms with Crippen molar-refractivity contribution in [1.82, 2.24) is 15.1 Å². The minimum atomic E-state index is -0.871. The van der Waals surface area contributed by atoms with Crippen molar-refractivity contribution >= 4 is 17.5 Å². The van der Waals surface area contributed by atoms with Crippen LogP contribution in [0.5, 0.6) is 5.75 Å². The van der Waals surface area contributed by atoms with Crippen LogP contribution in [0.3, 0.4) is 0 Å². The number of rotatable bonds is 7. The molecule has 0 bridgehead atoms. The van der Waals surface area contributed by atoms with Gasteiger partial charge >= 0.3 is 0 Å². The van der Waals surface area contributed by atoms with E-state index in [9.17, 15) is 9.59 Å². The fourth-order valence-electron chi connectivity index (χ4n) is 3.94. The first kappa shape index (κ1) is 21.5. The lowest BCUT2D eigenvalue weighted by atomic mass is 10.1. The molecule has 0 fully saturated rings. The maximum atomic E-state index is 12.7. The van der Waals surface area contributed by atoms with Crippen LogP contribution < -0.4 is 15.4 Å². The van der Waals surface area contributed by atoms with Gasteiger partial charge in [0.15, 0.2) is 6.10 Å². The van der Waals surface area contributed by atoms with Crippen molar-refractivity contribution in [2.75, 3.05) is 5.32 Å². The third-order valence-corrected chi connectivity index (χ3v) is 5.63. The van der Waals surface area contributed by atoms with Gasteiger partial charge in [0.25, 0.3) is 5.91 Å². The molecule has 4 aromatic rings. The molecule has 7 nitrogen and oxygen atoms in total. The predicted molar refractivity (Wildman–Crippen MR) is 129 cm³/mol. The zero-order valence-electron chi connectivity index (χ0n) is 18.5. The van der Waals surface area contributed by atoms with E-state index in [1.54, 1.807) is 12.1 Å². The van der Waals surface area contributed by atoms with Gasteiger partial charge in [0, 0.05) is 23.9 Å². The van der Waals surface area contributed by atoms with E-state index in [2.05, 4.69) is 22.8 Å². The van der Waals surface area contributed by atoms with Crippen molar-refractivity contribution in [3.63, 3.8) is 0 Å². The third kappa shape index (κ3) is 4.83. The van der Waals surface area contributed by atoms with Gasteiger partial charge in [0.2, 0.25) is 5.91 Å². The Morgan fingerprint density at radius 3 is 2.47 bits per heavy atom. The summed E-state index contributed by atoms with van der Waals surface area (Å²) in [5.41, 5.74) is 4.45. The maximum Gasteiger partial charge on any atom is 0.266 e. The number of nitrogens with one attached hydrogen (secondary N) is 2. The van der Waals surface area contributed by atoms with E-state index in [4.69, 9.17) is 9.84 Å². The molecule has 0 spiro atoms. The number of carbonyl (C=O) groups excluding carboxylic acids is 2. The lowest BCUT2D eigenvalue weighted by molar-refractivity contribution is -0.130. The summed E-state index contributed by atoms with van der Waals surface area (Å²) in [5, 5.41) is 10.5. The Morgan fingerprint density at radius 1 is 0.971 bits per heavy atom. The van der Waals surface area contributed by atoms with Crippen LogP contribution in [0, 0.1) is 0 Å². The number of anilines is 1. The summed E-state index contributed by atoms with van der Waals surface area (Å²) in [5.74, 6) is -0.0303. The number of para-hydroxylation sites is 2. The third-order valence-electron chi connectivity index (χ3n) is 5.63. The Labute approximate surface area is 197 Å². The highest BCUT2D eigenvalue weighted by atomic mass is 16.5. The Balaban J connectivity index is 1.28. The average molecular weight is 453 g/mol. The number of nitrogens with zero attached hydrogens (tertiary/aromatic N) is 2. The molecule has 1 aromatic heterocycles. The summed E-state index contributed by atoms with van der Waals surface area (Å²) >= 11 is 0. The lowest BCUT2D eigenvalue weighted by Gasteiger charge is -2.25. The zero-order valence-corrected chi connectivity index (χ0v) is 18.5. The fourth-order valence-corrected chi connectivity index (χ4v) is 3.94. The van der Waals surface area contributed by atoms with Gasteiger partial charge in [0.1, 0.15) is 5.75 Å². The second-order valence-corrected chi connectivity index (χ2v) is 8.12. The molecule has 2 heterocycles. The summed E-state index contributed by atoms with van der Waals surface area (Å²) < 4.78 is 7.62. The van der Waals surface area contributed by atoms with Crippen LogP contribution in [0.1, 0.15) is 17.5 Å². The Kier molecular flexibility index (Phi) is 6.07. The maximum absolute atomic E-state index is 12.7. The van der Waals surface area contributed by atoms with E-state index in [0.717, 1.165) is 22.4 Å². The van der Waals surface area contributed by atoms with E-state index in [-0.39, 0.29) is 18.2 Å². The first-order chi connectivity index (χ1) is 16.7. The quantitative estimate of drug-likeness (QED) is 0.444. The van der Waals surface area contributed by atoms with E-state index in [1.807, 2.05) is 71.5 Å². The topological polar surface area (TPSA) is 85.2 Å². The summed E-state index contributed by atoms with van der Waals surface area (Å²) in [7, 11) is 0. The fraction of sp³-hybridized carbons (Fsp3) is 0.148. The molecule has 170 valence electrons. The summed E-state index contributed by atoms with van der Waals surface area (Å²) in [6.45, 7) is 0.924. The van der Waals surface area contributed by atoms with Crippen molar-refractivity contribution < 1.29 is 14.3 Å². The zero-order chi connectivity index (χ0) is 23.3. The molecule has 0 aliphatic carbocycles. The van der Waals surface area contributed by atoms with Crippen LogP contribution in [0.2, 0.25) is 0 Å². The summed E-state index contributed by atoms with van der Waals surface area (Å²) in [6, 6.07) is 27.2. The first-order valence-corrected chi connectivity index (χ1v) is 11.1. The molecular formula is C27H24N4O3. The van der Waals surface area contributed by atoms with Crippen molar-refractivity contribution in [3.8, 4) is 17.0 Å². The molecule has 2 N–H and O–H groups in total. The van der Waals surface area contributed by atoms with Crippen molar-refractivity contribution in [1.29, 1.82) is 0 Å². The number of fused-ring (bicyclic) bond motifs is 1. The number of benzene rings is 3. The van der Waals surface area contributed by atoms with Gasteiger partial charge in [-0.25, -0.2) is 0 Å². The summed E-state index contributed by atoms with van der Waals surface area (Å²) in [4.78, 5) is 25.0. The van der Waals surface area contributed by atoms with Gasteiger partial charge in [-0.15, -0.1) is 0 Å². The van der Waals surface area contributed by atoms with Crippen molar-refractivity contribution in [2.45, 2.75) is 25.6 Å². The second kappa shape index (κ2) is 9.62. The van der Waals surface area contributed by atoms with Crippen LogP contribution in [0.4, 0.5) is 5.69 Å². The Hall–Kier alpha value is -4.39. The molecular weight excluding hydrogens is 428 g/mol. The largest absolute Gasteiger partial charge is 0.478 e. The minimum absolute atomic E-state index is 0.0704. The molecule has 1 unspecified atom stereocenters. The van der Waals surface area contributed by atoms with Crippen LogP contribution in [-0.4, -0.2) is 27.7 Å². The molecule has 3 aromatic carbocycles. The molecule has 1 aliphatic heterocycles. The van der Waals surface area contributed by atoms with Crippen LogP contribution in [0.25, 0.3) is 11.3 Å². The minimum Gasteiger partial charge on any atom is -0.478 e. The molecule has 5 rings (SSSR count). The van der Waals surface area contributed by atoms with Gasteiger partial charge in [-0.1, -0.05) is 72.8 Å². The van der Waals surface area contributed by atoms with Crippen LogP contribution in [0.15, 0.2) is 91.1 Å². The molecule has 0 saturated heterocycles. The van der Waals surface area contributed by atoms with Crippen LogP contribution >= 0.6 is 0 Å². The standard InChI is InChI=1S/C27H24N4O3/c32-25(15-24-27(33)29-22-13-7-8-14-23(22)34-24)28-16-21-18-31(17-19-9-3-1-4-10-19)30-26(21)20-11-5-2-6-12-20/h1-14,18,24H,15-17H2,(H,28,32)(H,29,33). The number of aromatic nitrogens is 2. The molecule has 7 heteroatoms. The molecule has 1 atom stereocenters. The van der Waals surface area contributed by atoms with Crippen molar-refractivity contribution in [3.05, 3.63) is 102 Å². The van der Waals surface area contributed by atoms with Gasteiger partial charge in [0.05, 0.1) is 24.3 Å². The van der Waals surface area contributed by atoms with Gasteiger partial charge in [-0.05, 0) is 17.7 Å². The summed E-state index contributed by atoms with van der Waals surface area (Å²) in [6.07, 6.45) is 1.01. The second-order valence-electron chi connectivity index (χ2n) is 8.12.